The lowest BCUT2D eigenvalue weighted by molar-refractivity contribution is -0.135. The maximum absolute atomic E-state index is 12.3. The predicted molar refractivity (Wildman–Crippen MR) is 91.0 cm³/mol. The average molecular weight is 327 g/mol. The van der Waals surface area contributed by atoms with Crippen molar-refractivity contribution < 1.29 is 14.3 Å². The molecule has 0 saturated heterocycles. The molecule has 0 unspecified atom stereocenters. The minimum Gasteiger partial charge on any atom is -0.465 e. The van der Waals surface area contributed by atoms with Crippen molar-refractivity contribution >= 4 is 23.3 Å². The van der Waals surface area contributed by atoms with E-state index in [-0.39, 0.29) is 17.4 Å². The van der Waals surface area contributed by atoms with Crippen LogP contribution in [0.4, 0.5) is 11.4 Å². The Bertz CT molecular complexity index is 670. The number of benzene rings is 1. The molecule has 1 aliphatic rings. The molecule has 0 radical (unpaired) electrons. The number of nitrogens with one attached hydrogen (secondary N) is 2. The van der Waals surface area contributed by atoms with Crippen LogP contribution in [-0.2, 0) is 14.3 Å². The van der Waals surface area contributed by atoms with Gasteiger partial charge in [-0.05, 0) is 31.0 Å². The van der Waals surface area contributed by atoms with Gasteiger partial charge in [-0.25, -0.2) is 4.79 Å². The van der Waals surface area contributed by atoms with Gasteiger partial charge in [-0.15, -0.1) is 0 Å². The summed E-state index contributed by atoms with van der Waals surface area (Å²) in [4.78, 5) is 23.6. The number of hydrogen-bond acceptors (Lipinski definition) is 5. The number of nitrogens with zero attached hydrogens (tertiary/aromatic N) is 1. The summed E-state index contributed by atoms with van der Waals surface area (Å²) in [6, 6.07) is 8.89. The fourth-order valence-corrected chi connectivity index (χ4v) is 2.70. The largest absolute Gasteiger partial charge is 0.465 e. The first-order chi connectivity index (χ1) is 11.6. The van der Waals surface area contributed by atoms with Gasteiger partial charge in [0.15, 0.2) is 5.57 Å². The Kier molecular flexibility index (Phi) is 6.38. The quantitative estimate of drug-likeness (QED) is 0.492. The second-order valence-corrected chi connectivity index (χ2v) is 5.71. The summed E-state index contributed by atoms with van der Waals surface area (Å²) in [5, 5.41) is 14.7. The van der Waals surface area contributed by atoms with E-state index in [1.165, 1.54) is 19.7 Å². The monoisotopic (exact) mass is 327 g/mol. The Morgan fingerprint density at radius 2 is 1.96 bits per heavy atom. The number of hydrogen-bond donors (Lipinski definition) is 2. The molecule has 0 heterocycles. The van der Waals surface area contributed by atoms with E-state index in [1.54, 1.807) is 30.3 Å². The Labute approximate surface area is 141 Å². The van der Waals surface area contributed by atoms with E-state index in [0.717, 1.165) is 25.7 Å². The lowest BCUT2D eigenvalue weighted by Crippen LogP contribution is -2.24. The van der Waals surface area contributed by atoms with Crippen LogP contribution in [0.15, 0.2) is 36.0 Å². The third-order valence-electron chi connectivity index (χ3n) is 4.02. The fraction of sp³-hybridized carbons (Fsp3) is 0.389. The zero-order valence-corrected chi connectivity index (χ0v) is 13.7. The maximum Gasteiger partial charge on any atom is 0.350 e. The van der Waals surface area contributed by atoms with E-state index in [2.05, 4.69) is 15.4 Å². The number of esters is 1. The maximum atomic E-state index is 12.3. The second-order valence-electron chi connectivity index (χ2n) is 5.71. The topological polar surface area (TPSA) is 91.2 Å². The third-order valence-corrected chi connectivity index (χ3v) is 4.02. The molecule has 1 aromatic carbocycles. The zero-order valence-electron chi connectivity index (χ0n) is 13.7. The number of nitriles is 1. The molecule has 1 aliphatic carbocycles. The van der Waals surface area contributed by atoms with E-state index < -0.39 is 5.97 Å². The van der Waals surface area contributed by atoms with Crippen molar-refractivity contribution in [3.8, 4) is 6.07 Å². The molecule has 0 aliphatic heterocycles. The van der Waals surface area contributed by atoms with Crippen LogP contribution < -0.4 is 10.6 Å². The van der Waals surface area contributed by atoms with E-state index in [1.807, 2.05) is 0 Å². The molecule has 0 aromatic heterocycles. The highest BCUT2D eigenvalue weighted by atomic mass is 16.5. The van der Waals surface area contributed by atoms with E-state index in [9.17, 15) is 9.59 Å². The molecule has 1 saturated carbocycles. The van der Waals surface area contributed by atoms with E-state index >= 15 is 0 Å². The molecule has 126 valence electrons. The van der Waals surface area contributed by atoms with E-state index in [0.29, 0.717) is 11.4 Å². The van der Waals surface area contributed by atoms with Crippen LogP contribution in [-0.4, -0.2) is 19.0 Å². The van der Waals surface area contributed by atoms with Crippen LogP contribution >= 0.6 is 0 Å². The van der Waals surface area contributed by atoms with Gasteiger partial charge in [-0.3, -0.25) is 4.79 Å². The smallest absolute Gasteiger partial charge is 0.350 e. The summed E-state index contributed by atoms with van der Waals surface area (Å²) in [5.41, 5.74) is 1.21. The molecule has 1 fully saturated rings. The van der Waals surface area contributed by atoms with Gasteiger partial charge in [-0.1, -0.05) is 25.3 Å². The number of anilines is 2. The summed E-state index contributed by atoms with van der Waals surface area (Å²) in [6.45, 7) is 0. The molecule has 0 bridgehead atoms. The summed E-state index contributed by atoms with van der Waals surface area (Å²) in [6.07, 6.45) is 6.59. The van der Waals surface area contributed by atoms with Crippen molar-refractivity contribution in [1.29, 1.82) is 5.26 Å². The van der Waals surface area contributed by atoms with Crippen LogP contribution in [0, 0.1) is 17.2 Å². The standard InChI is InChI=1S/C18H21N3O3/c1-24-18(23)14(11-19)12-20-15-8-5-9-16(10-15)21-17(22)13-6-3-2-4-7-13/h5,8-10,12-13,20H,2-4,6-7H2,1H3,(H,21,22)/b14-12-. The average Bonchev–Trinajstić information content (AvgIpc) is 2.63. The molecular weight excluding hydrogens is 306 g/mol. The van der Waals surface area contributed by atoms with Crippen LogP contribution in [0.3, 0.4) is 0 Å². The van der Waals surface area contributed by atoms with Crippen molar-refractivity contribution in [1.82, 2.24) is 0 Å². The Morgan fingerprint density at radius 1 is 1.25 bits per heavy atom. The van der Waals surface area contributed by atoms with Gasteiger partial charge in [0, 0.05) is 23.5 Å². The first kappa shape index (κ1) is 17.5. The highest BCUT2D eigenvalue weighted by molar-refractivity contribution is 5.94. The van der Waals surface area contributed by atoms with Crippen molar-refractivity contribution in [2.24, 2.45) is 5.92 Å². The molecule has 6 heteroatoms. The fourth-order valence-electron chi connectivity index (χ4n) is 2.70. The molecular formula is C18H21N3O3. The molecule has 2 rings (SSSR count). The van der Waals surface area contributed by atoms with Crippen molar-refractivity contribution in [2.45, 2.75) is 32.1 Å². The summed E-state index contributed by atoms with van der Waals surface area (Å²) in [7, 11) is 1.22. The minimum absolute atomic E-state index is 0.0506. The molecule has 1 aromatic rings. The van der Waals surface area contributed by atoms with Crippen molar-refractivity contribution in [3.63, 3.8) is 0 Å². The molecule has 0 spiro atoms. The zero-order chi connectivity index (χ0) is 17.4. The highest BCUT2D eigenvalue weighted by Crippen LogP contribution is 2.25. The highest BCUT2D eigenvalue weighted by Gasteiger charge is 2.21. The lowest BCUT2D eigenvalue weighted by atomic mass is 9.88. The van der Waals surface area contributed by atoms with Crippen molar-refractivity contribution in [3.05, 3.63) is 36.0 Å². The first-order valence-corrected chi connectivity index (χ1v) is 8.00. The van der Waals surface area contributed by atoms with Crippen LogP contribution in [0.2, 0.25) is 0 Å². The SMILES string of the molecule is COC(=O)/C(C#N)=C\Nc1cccc(NC(=O)C2CCCCC2)c1. The lowest BCUT2D eigenvalue weighted by Gasteiger charge is -2.20. The van der Waals surface area contributed by atoms with Gasteiger partial charge in [0.2, 0.25) is 5.91 Å². The van der Waals surface area contributed by atoms with Gasteiger partial charge in [0.25, 0.3) is 0 Å². The summed E-state index contributed by atoms with van der Waals surface area (Å²) in [5.74, 6) is -0.568. The number of ether oxygens (including phenoxy) is 1. The van der Waals surface area contributed by atoms with Crippen molar-refractivity contribution in [2.75, 3.05) is 17.7 Å². The minimum atomic E-state index is -0.702. The van der Waals surface area contributed by atoms with Crippen LogP contribution in [0.5, 0.6) is 0 Å². The van der Waals surface area contributed by atoms with Gasteiger partial charge in [0.05, 0.1) is 7.11 Å². The normalized spacial score (nSPS) is 15.2. The van der Waals surface area contributed by atoms with Gasteiger partial charge in [-0.2, -0.15) is 5.26 Å². The summed E-state index contributed by atoms with van der Waals surface area (Å²) >= 11 is 0. The number of carbonyl (C=O) groups is 2. The first-order valence-electron chi connectivity index (χ1n) is 8.00. The van der Waals surface area contributed by atoms with Gasteiger partial charge < -0.3 is 15.4 Å². The van der Waals surface area contributed by atoms with E-state index in [4.69, 9.17) is 5.26 Å². The summed E-state index contributed by atoms with van der Waals surface area (Å²) < 4.78 is 4.51. The number of methoxy groups -OCH3 is 1. The molecule has 0 atom stereocenters. The number of amides is 1. The van der Waals surface area contributed by atoms with Gasteiger partial charge >= 0.3 is 5.97 Å². The third kappa shape index (κ3) is 4.85. The Balaban J connectivity index is 2.00. The van der Waals surface area contributed by atoms with Crippen LogP contribution in [0.1, 0.15) is 32.1 Å². The number of rotatable bonds is 5. The van der Waals surface area contributed by atoms with Crippen LogP contribution in [0.25, 0.3) is 0 Å². The molecule has 2 N–H and O–H groups in total. The number of carbonyl (C=O) groups excluding carboxylic acids is 2. The molecule has 24 heavy (non-hydrogen) atoms. The predicted octanol–water partition coefficient (Wildman–Crippen LogP) is 3.20. The Morgan fingerprint density at radius 3 is 2.62 bits per heavy atom. The molecule has 6 nitrogen and oxygen atoms in total. The van der Waals surface area contributed by atoms with Gasteiger partial charge in [0.1, 0.15) is 6.07 Å². The molecule has 1 amide bonds. The Hall–Kier alpha value is -2.81. The second kappa shape index (κ2) is 8.73.